The molecular weight excluding hydrogens is 186 g/mol. The van der Waals surface area contributed by atoms with E-state index in [1.807, 2.05) is 13.0 Å². The number of hydrogen-bond acceptors (Lipinski definition) is 2. The van der Waals surface area contributed by atoms with Gasteiger partial charge >= 0.3 is 0 Å². The first kappa shape index (κ1) is 12.1. The summed E-state index contributed by atoms with van der Waals surface area (Å²) in [5.74, 6) is 0.970. The van der Waals surface area contributed by atoms with Crippen LogP contribution in [0, 0.1) is 6.92 Å². The molecule has 0 fully saturated rings. The van der Waals surface area contributed by atoms with Crippen molar-refractivity contribution in [2.24, 2.45) is 5.73 Å². The summed E-state index contributed by atoms with van der Waals surface area (Å²) in [5, 5.41) is 0. The van der Waals surface area contributed by atoms with E-state index in [0.717, 1.165) is 31.7 Å². The predicted octanol–water partition coefficient (Wildman–Crippen LogP) is 2.68. The van der Waals surface area contributed by atoms with Gasteiger partial charge in [0, 0.05) is 0 Å². The monoisotopic (exact) mass is 207 g/mol. The molecular formula is C13H21NO. The number of aryl methyl sites for hydroxylation is 2. The van der Waals surface area contributed by atoms with Crippen molar-refractivity contribution in [1.29, 1.82) is 0 Å². The second-order valence-electron chi connectivity index (χ2n) is 3.77. The summed E-state index contributed by atoms with van der Waals surface area (Å²) >= 11 is 0. The van der Waals surface area contributed by atoms with E-state index in [1.165, 1.54) is 17.5 Å². The first-order chi connectivity index (χ1) is 7.27. The van der Waals surface area contributed by atoms with Crippen molar-refractivity contribution >= 4 is 0 Å². The van der Waals surface area contributed by atoms with Crippen LogP contribution in [0.4, 0.5) is 0 Å². The molecule has 0 aliphatic rings. The standard InChI is InChI=1S/C13H21NO/c1-3-15-13-8-7-12(11(2)10-13)6-4-5-9-14/h7-8,10H,3-6,9,14H2,1-2H3. The molecule has 0 spiro atoms. The largest absolute Gasteiger partial charge is 0.494 e. The molecule has 2 heteroatoms. The zero-order chi connectivity index (χ0) is 11.1. The highest BCUT2D eigenvalue weighted by Crippen LogP contribution is 2.18. The van der Waals surface area contributed by atoms with E-state index in [2.05, 4.69) is 19.1 Å². The van der Waals surface area contributed by atoms with E-state index in [0.29, 0.717) is 0 Å². The molecule has 0 saturated carbocycles. The molecule has 84 valence electrons. The highest BCUT2D eigenvalue weighted by Gasteiger charge is 2.00. The summed E-state index contributed by atoms with van der Waals surface area (Å²) in [6.07, 6.45) is 3.40. The quantitative estimate of drug-likeness (QED) is 0.728. The Kier molecular flexibility index (Phi) is 5.19. The summed E-state index contributed by atoms with van der Waals surface area (Å²) in [5.41, 5.74) is 8.20. The fourth-order valence-corrected chi connectivity index (χ4v) is 1.67. The van der Waals surface area contributed by atoms with Crippen LogP contribution in [0.15, 0.2) is 18.2 Å². The van der Waals surface area contributed by atoms with Crippen molar-refractivity contribution in [3.05, 3.63) is 29.3 Å². The van der Waals surface area contributed by atoms with E-state index in [9.17, 15) is 0 Å². The molecule has 0 saturated heterocycles. The molecule has 15 heavy (non-hydrogen) atoms. The Hall–Kier alpha value is -1.02. The molecule has 0 aliphatic carbocycles. The van der Waals surface area contributed by atoms with E-state index in [-0.39, 0.29) is 0 Å². The number of rotatable bonds is 6. The van der Waals surface area contributed by atoms with Crippen LogP contribution in [0.1, 0.15) is 30.9 Å². The smallest absolute Gasteiger partial charge is 0.119 e. The third kappa shape index (κ3) is 3.92. The maximum atomic E-state index is 5.47. The van der Waals surface area contributed by atoms with Gasteiger partial charge in [-0.25, -0.2) is 0 Å². The lowest BCUT2D eigenvalue weighted by atomic mass is 10.0. The Morgan fingerprint density at radius 2 is 2.07 bits per heavy atom. The number of hydrogen-bond donors (Lipinski definition) is 1. The Morgan fingerprint density at radius 1 is 1.27 bits per heavy atom. The molecule has 0 aliphatic heterocycles. The highest BCUT2D eigenvalue weighted by atomic mass is 16.5. The lowest BCUT2D eigenvalue weighted by Gasteiger charge is -2.08. The molecule has 2 nitrogen and oxygen atoms in total. The van der Waals surface area contributed by atoms with Gasteiger partial charge in [-0.15, -0.1) is 0 Å². The summed E-state index contributed by atoms with van der Waals surface area (Å²) in [4.78, 5) is 0. The predicted molar refractivity (Wildman–Crippen MR) is 64.3 cm³/mol. The fourth-order valence-electron chi connectivity index (χ4n) is 1.67. The minimum atomic E-state index is 0.728. The van der Waals surface area contributed by atoms with E-state index in [4.69, 9.17) is 10.5 Å². The fraction of sp³-hybridized carbons (Fsp3) is 0.538. The van der Waals surface area contributed by atoms with Crippen LogP contribution in [0.5, 0.6) is 5.75 Å². The Balaban J connectivity index is 2.58. The molecule has 1 aromatic rings. The number of ether oxygens (including phenoxy) is 1. The summed E-state index contributed by atoms with van der Waals surface area (Å²) < 4.78 is 5.45. The molecule has 2 N–H and O–H groups in total. The van der Waals surface area contributed by atoms with Gasteiger partial charge in [0.05, 0.1) is 6.61 Å². The minimum Gasteiger partial charge on any atom is -0.494 e. The minimum absolute atomic E-state index is 0.728. The lowest BCUT2D eigenvalue weighted by Crippen LogP contribution is -2.00. The van der Waals surface area contributed by atoms with Crippen molar-refractivity contribution in [1.82, 2.24) is 0 Å². The molecule has 1 rings (SSSR count). The van der Waals surface area contributed by atoms with Gasteiger partial charge in [-0.1, -0.05) is 6.07 Å². The summed E-state index contributed by atoms with van der Waals surface area (Å²) in [6, 6.07) is 6.33. The van der Waals surface area contributed by atoms with Crippen LogP contribution >= 0.6 is 0 Å². The normalized spacial score (nSPS) is 10.3. The van der Waals surface area contributed by atoms with Crippen LogP contribution in [0.25, 0.3) is 0 Å². The molecule has 0 atom stereocenters. The average molecular weight is 207 g/mol. The topological polar surface area (TPSA) is 35.2 Å². The van der Waals surface area contributed by atoms with Crippen molar-refractivity contribution in [2.45, 2.75) is 33.1 Å². The zero-order valence-electron chi connectivity index (χ0n) is 9.75. The molecule has 0 radical (unpaired) electrons. The number of unbranched alkanes of at least 4 members (excludes halogenated alkanes) is 1. The zero-order valence-corrected chi connectivity index (χ0v) is 9.75. The van der Waals surface area contributed by atoms with Crippen LogP contribution in [0.3, 0.4) is 0 Å². The maximum Gasteiger partial charge on any atom is 0.119 e. The second-order valence-corrected chi connectivity index (χ2v) is 3.77. The summed E-state index contributed by atoms with van der Waals surface area (Å²) in [7, 11) is 0. The van der Waals surface area contributed by atoms with Crippen molar-refractivity contribution < 1.29 is 4.74 Å². The van der Waals surface area contributed by atoms with Crippen LogP contribution in [-0.2, 0) is 6.42 Å². The van der Waals surface area contributed by atoms with Gasteiger partial charge in [0.1, 0.15) is 5.75 Å². The summed E-state index contributed by atoms with van der Waals surface area (Å²) in [6.45, 7) is 5.66. The van der Waals surface area contributed by atoms with Gasteiger partial charge in [-0.05, 0) is 62.9 Å². The van der Waals surface area contributed by atoms with Crippen LogP contribution < -0.4 is 10.5 Å². The second kappa shape index (κ2) is 6.46. The molecule has 0 unspecified atom stereocenters. The first-order valence-corrected chi connectivity index (χ1v) is 5.70. The average Bonchev–Trinajstić information content (AvgIpc) is 2.22. The first-order valence-electron chi connectivity index (χ1n) is 5.70. The molecule has 0 bridgehead atoms. The number of nitrogens with two attached hydrogens (primary N) is 1. The van der Waals surface area contributed by atoms with Gasteiger partial charge < -0.3 is 10.5 Å². The SMILES string of the molecule is CCOc1ccc(CCCCN)c(C)c1. The van der Waals surface area contributed by atoms with E-state index < -0.39 is 0 Å². The van der Waals surface area contributed by atoms with Gasteiger partial charge in [0.25, 0.3) is 0 Å². The van der Waals surface area contributed by atoms with E-state index in [1.54, 1.807) is 0 Å². The van der Waals surface area contributed by atoms with Gasteiger partial charge in [-0.2, -0.15) is 0 Å². The Morgan fingerprint density at radius 3 is 2.67 bits per heavy atom. The van der Waals surface area contributed by atoms with Gasteiger partial charge in [0.15, 0.2) is 0 Å². The van der Waals surface area contributed by atoms with Crippen molar-refractivity contribution in [3.63, 3.8) is 0 Å². The number of benzene rings is 1. The third-order valence-electron chi connectivity index (χ3n) is 2.53. The third-order valence-corrected chi connectivity index (χ3v) is 2.53. The van der Waals surface area contributed by atoms with Crippen LogP contribution in [-0.4, -0.2) is 13.2 Å². The maximum absolute atomic E-state index is 5.47. The Bertz CT molecular complexity index is 297. The molecule has 0 amide bonds. The van der Waals surface area contributed by atoms with Gasteiger partial charge in [-0.3, -0.25) is 0 Å². The van der Waals surface area contributed by atoms with E-state index >= 15 is 0 Å². The van der Waals surface area contributed by atoms with Crippen molar-refractivity contribution in [2.75, 3.05) is 13.2 Å². The van der Waals surface area contributed by atoms with Gasteiger partial charge in [0.2, 0.25) is 0 Å². The van der Waals surface area contributed by atoms with Crippen LogP contribution in [0.2, 0.25) is 0 Å². The highest BCUT2D eigenvalue weighted by molar-refractivity contribution is 5.34. The lowest BCUT2D eigenvalue weighted by molar-refractivity contribution is 0.340. The molecule has 0 heterocycles. The Labute approximate surface area is 92.4 Å². The molecule has 1 aromatic carbocycles. The van der Waals surface area contributed by atoms with Crippen molar-refractivity contribution in [3.8, 4) is 5.75 Å². The molecule has 0 aromatic heterocycles.